The van der Waals surface area contributed by atoms with Gasteiger partial charge in [0.2, 0.25) is 0 Å². The van der Waals surface area contributed by atoms with E-state index < -0.39 is 0 Å². The zero-order chi connectivity index (χ0) is 19.1. The van der Waals surface area contributed by atoms with Crippen LogP contribution in [-0.4, -0.2) is 26.5 Å². The van der Waals surface area contributed by atoms with Crippen LogP contribution < -0.4 is 4.74 Å². The van der Waals surface area contributed by atoms with Gasteiger partial charge in [-0.1, -0.05) is 17.7 Å². The van der Waals surface area contributed by atoms with Gasteiger partial charge in [0.25, 0.3) is 0 Å². The van der Waals surface area contributed by atoms with Crippen molar-refractivity contribution in [2.75, 3.05) is 6.61 Å². The van der Waals surface area contributed by atoms with E-state index in [1.807, 2.05) is 13.0 Å². The lowest BCUT2D eigenvalue weighted by molar-refractivity contribution is 0.299. The van der Waals surface area contributed by atoms with Gasteiger partial charge in [-0.15, -0.1) is 0 Å². The highest BCUT2D eigenvalue weighted by Gasteiger charge is 2.41. The molecular formula is C22H21ClN4O. The second-order valence-electron chi connectivity index (χ2n) is 7.73. The molecule has 3 aromatic rings. The molecule has 1 aromatic carbocycles. The molecule has 0 amide bonds. The van der Waals surface area contributed by atoms with Crippen LogP contribution in [0.5, 0.6) is 5.75 Å². The highest BCUT2D eigenvalue weighted by molar-refractivity contribution is 6.32. The van der Waals surface area contributed by atoms with Crippen molar-refractivity contribution < 1.29 is 4.74 Å². The highest BCUT2D eigenvalue weighted by Crippen LogP contribution is 2.55. The fraction of sp³-hybridized carbons (Fsp3) is 0.364. The molecule has 0 spiro atoms. The fourth-order valence-electron chi connectivity index (χ4n) is 3.57. The Balaban J connectivity index is 1.37. The van der Waals surface area contributed by atoms with Gasteiger partial charge in [0.1, 0.15) is 5.75 Å². The van der Waals surface area contributed by atoms with Crippen LogP contribution in [-0.2, 0) is 0 Å². The minimum Gasteiger partial charge on any atom is -0.492 e. The minimum absolute atomic E-state index is 0.377. The largest absolute Gasteiger partial charge is 0.492 e. The SMILES string of the molecule is Cc1cc(C2CC2c2ccnc(-c3ncccn3)n2)cc(OCC2CC2)c1Cl. The predicted octanol–water partition coefficient (Wildman–Crippen LogP) is 4.96. The Morgan fingerprint density at radius 2 is 1.82 bits per heavy atom. The van der Waals surface area contributed by atoms with Crippen LogP contribution in [0, 0.1) is 12.8 Å². The fourth-order valence-corrected chi connectivity index (χ4v) is 3.73. The summed E-state index contributed by atoms with van der Waals surface area (Å²) in [5.41, 5.74) is 3.38. The van der Waals surface area contributed by atoms with E-state index in [0.717, 1.165) is 35.1 Å². The molecule has 2 aliphatic carbocycles. The van der Waals surface area contributed by atoms with Gasteiger partial charge in [0, 0.05) is 30.2 Å². The third-order valence-corrected chi connectivity index (χ3v) is 5.94. The van der Waals surface area contributed by atoms with Gasteiger partial charge in [0.15, 0.2) is 11.6 Å². The van der Waals surface area contributed by atoms with Crippen LogP contribution in [0.3, 0.4) is 0 Å². The number of hydrogen-bond donors (Lipinski definition) is 0. The molecule has 0 radical (unpaired) electrons. The molecule has 0 N–H and O–H groups in total. The van der Waals surface area contributed by atoms with Crippen LogP contribution in [0.2, 0.25) is 5.02 Å². The average Bonchev–Trinajstić information content (AvgIpc) is 3.64. The minimum atomic E-state index is 0.377. The van der Waals surface area contributed by atoms with Crippen molar-refractivity contribution in [3.8, 4) is 17.4 Å². The van der Waals surface area contributed by atoms with Crippen LogP contribution >= 0.6 is 11.6 Å². The van der Waals surface area contributed by atoms with Crippen molar-refractivity contribution in [3.05, 3.63) is 64.7 Å². The molecular weight excluding hydrogens is 372 g/mol. The lowest BCUT2D eigenvalue weighted by atomic mass is 10.0. The molecule has 2 unspecified atom stereocenters. The van der Waals surface area contributed by atoms with Crippen LogP contribution in [0.4, 0.5) is 0 Å². The molecule has 2 aliphatic rings. The molecule has 0 saturated heterocycles. The first-order valence-electron chi connectivity index (χ1n) is 9.72. The molecule has 2 aromatic heterocycles. The number of hydrogen-bond acceptors (Lipinski definition) is 5. The average molecular weight is 393 g/mol. The summed E-state index contributed by atoms with van der Waals surface area (Å²) >= 11 is 6.48. The van der Waals surface area contributed by atoms with Crippen molar-refractivity contribution in [2.45, 2.75) is 38.0 Å². The number of rotatable bonds is 6. The molecule has 2 heterocycles. The summed E-state index contributed by atoms with van der Waals surface area (Å²) in [5.74, 6) is 3.45. The Morgan fingerprint density at radius 1 is 1.04 bits per heavy atom. The van der Waals surface area contributed by atoms with E-state index in [-0.39, 0.29) is 0 Å². The van der Waals surface area contributed by atoms with Gasteiger partial charge in [-0.3, -0.25) is 0 Å². The number of halogens is 1. The van der Waals surface area contributed by atoms with Crippen molar-refractivity contribution in [2.24, 2.45) is 5.92 Å². The number of benzene rings is 1. The molecule has 2 fully saturated rings. The van der Waals surface area contributed by atoms with Crippen LogP contribution in [0.1, 0.15) is 47.9 Å². The van der Waals surface area contributed by atoms with Gasteiger partial charge in [0.05, 0.1) is 11.6 Å². The maximum atomic E-state index is 6.48. The maximum Gasteiger partial charge on any atom is 0.197 e. The first-order chi connectivity index (χ1) is 13.7. The van der Waals surface area contributed by atoms with Gasteiger partial charge >= 0.3 is 0 Å². The molecule has 5 rings (SSSR count). The van der Waals surface area contributed by atoms with E-state index in [2.05, 4.69) is 27.1 Å². The zero-order valence-electron chi connectivity index (χ0n) is 15.7. The Kier molecular flexibility index (Phi) is 4.47. The number of nitrogens with zero attached hydrogens (tertiary/aromatic N) is 4. The lowest BCUT2D eigenvalue weighted by Gasteiger charge is -2.12. The highest BCUT2D eigenvalue weighted by atomic mass is 35.5. The third-order valence-electron chi connectivity index (χ3n) is 5.46. The number of ether oxygens (including phenoxy) is 1. The van der Waals surface area contributed by atoms with Crippen LogP contribution in [0.25, 0.3) is 11.6 Å². The summed E-state index contributed by atoms with van der Waals surface area (Å²) < 4.78 is 6.00. The Labute approximate surface area is 169 Å². The van der Waals surface area contributed by atoms with Gasteiger partial charge in [-0.25, -0.2) is 19.9 Å². The monoisotopic (exact) mass is 392 g/mol. The van der Waals surface area contributed by atoms with E-state index in [1.165, 1.54) is 18.4 Å². The molecule has 5 nitrogen and oxygen atoms in total. The van der Waals surface area contributed by atoms with E-state index >= 15 is 0 Å². The van der Waals surface area contributed by atoms with Gasteiger partial charge in [-0.05, 0) is 67.3 Å². The Morgan fingerprint density at radius 3 is 2.61 bits per heavy atom. The molecule has 0 aliphatic heterocycles. The van der Waals surface area contributed by atoms with Gasteiger partial charge in [-0.2, -0.15) is 0 Å². The second-order valence-corrected chi connectivity index (χ2v) is 8.11. The molecule has 28 heavy (non-hydrogen) atoms. The standard InChI is InChI=1S/C22H21ClN4O/c1-13-9-15(10-19(20(13)23)28-12-14-3-4-14)16-11-17(16)18-5-8-26-22(27-18)21-24-6-2-7-25-21/h2,5-10,14,16-17H,3-4,11-12H2,1H3. The van der Waals surface area contributed by atoms with E-state index in [9.17, 15) is 0 Å². The number of aryl methyl sites for hydroxylation is 1. The van der Waals surface area contributed by atoms with Crippen molar-refractivity contribution in [3.63, 3.8) is 0 Å². The van der Waals surface area contributed by atoms with Crippen molar-refractivity contribution in [1.29, 1.82) is 0 Å². The van der Waals surface area contributed by atoms with E-state index in [0.29, 0.717) is 29.4 Å². The third kappa shape index (κ3) is 3.59. The molecule has 2 saturated carbocycles. The van der Waals surface area contributed by atoms with Crippen molar-refractivity contribution >= 4 is 11.6 Å². The Bertz CT molecular complexity index is 1010. The summed E-state index contributed by atoms with van der Waals surface area (Å²) in [6.45, 7) is 2.81. The van der Waals surface area contributed by atoms with E-state index in [4.69, 9.17) is 21.3 Å². The molecule has 2 atom stereocenters. The van der Waals surface area contributed by atoms with E-state index in [1.54, 1.807) is 24.7 Å². The number of aromatic nitrogens is 4. The summed E-state index contributed by atoms with van der Waals surface area (Å²) in [7, 11) is 0. The smallest absolute Gasteiger partial charge is 0.197 e. The first-order valence-corrected chi connectivity index (χ1v) is 10.1. The summed E-state index contributed by atoms with van der Waals surface area (Å²) in [5, 5.41) is 0.729. The molecule has 6 heteroatoms. The second kappa shape index (κ2) is 7.13. The normalized spacial score (nSPS) is 20.8. The van der Waals surface area contributed by atoms with Gasteiger partial charge < -0.3 is 4.74 Å². The van der Waals surface area contributed by atoms with Crippen LogP contribution in [0.15, 0.2) is 42.9 Å². The van der Waals surface area contributed by atoms with Crippen molar-refractivity contribution in [1.82, 2.24) is 19.9 Å². The topological polar surface area (TPSA) is 60.8 Å². The zero-order valence-corrected chi connectivity index (χ0v) is 16.4. The molecule has 0 bridgehead atoms. The molecule has 142 valence electrons. The maximum absolute atomic E-state index is 6.48. The summed E-state index contributed by atoms with van der Waals surface area (Å²) in [4.78, 5) is 17.6. The summed E-state index contributed by atoms with van der Waals surface area (Å²) in [6, 6.07) is 8.07. The predicted molar refractivity (Wildman–Crippen MR) is 108 cm³/mol. The lowest BCUT2D eigenvalue weighted by Crippen LogP contribution is -2.01. The Hall–Kier alpha value is -2.53. The first kappa shape index (κ1) is 17.6. The summed E-state index contributed by atoms with van der Waals surface area (Å²) in [6.07, 6.45) is 8.80. The quantitative estimate of drug-likeness (QED) is 0.593.